The van der Waals surface area contributed by atoms with Gasteiger partial charge in [-0.1, -0.05) is 66.7 Å². The molecule has 114 valence electrons. The van der Waals surface area contributed by atoms with Crippen LogP contribution >= 0.6 is 0 Å². The first kappa shape index (κ1) is 17.0. The van der Waals surface area contributed by atoms with Crippen LogP contribution in [-0.4, -0.2) is 12.6 Å². The average Bonchev–Trinajstić information content (AvgIpc) is 2.37. The number of nitrogens with one attached hydrogen (secondary N) is 1. The van der Waals surface area contributed by atoms with Crippen LogP contribution in [0.1, 0.15) is 86.0 Å². The monoisotopic (exact) mass is 267 g/mol. The van der Waals surface area contributed by atoms with Crippen molar-refractivity contribution in [3.8, 4) is 0 Å². The Bertz CT molecular complexity index is 232. The van der Waals surface area contributed by atoms with Crippen LogP contribution in [0.4, 0.5) is 0 Å². The summed E-state index contributed by atoms with van der Waals surface area (Å²) in [7, 11) is 0. The Hall–Kier alpha value is -0.0400. The summed E-state index contributed by atoms with van der Waals surface area (Å²) in [5, 5.41) is 3.87. The zero-order chi connectivity index (χ0) is 14.3. The third kappa shape index (κ3) is 6.79. The molecule has 0 amide bonds. The number of hydrogen-bond acceptors (Lipinski definition) is 1. The lowest BCUT2D eigenvalue weighted by molar-refractivity contribution is 0.208. The molecule has 0 aromatic heterocycles. The van der Waals surface area contributed by atoms with Crippen molar-refractivity contribution in [2.45, 2.75) is 92.0 Å². The zero-order valence-corrected chi connectivity index (χ0v) is 14.1. The Kier molecular flexibility index (Phi) is 7.42. The van der Waals surface area contributed by atoms with Crippen LogP contribution in [0, 0.1) is 17.3 Å². The molecule has 0 spiro atoms. The van der Waals surface area contributed by atoms with Crippen LogP contribution in [-0.2, 0) is 0 Å². The number of unbranched alkanes of at least 4 members (excludes halogenated alkanes) is 2. The number of rotatable bonds is 8. The van der Waals surface area contributed by atoms with Gasteiger partial charge in [0.25, 0.3) is 0 Å². The summed E-state index contributed by atoms with van der Waals surface area (Å²) < 4.78 is 0. The summed E-state index contributed by atoms with van der Waals surface area (Å²) >= 11 is 0. The lowest BCUT2D eigenvalue weighted by Crippen LogP contribution is -2.40. The maximum Gasteiger partial charge on any atom is 0.00700 e. The molecule has 0 heterocycles. The Morgan fingerprint density at radius 2 is 1.89 bits per heavy atom. The van der Waals surface area contributed by atoms with Crippen molar-refractivity contribution in [2.75, 3.05) is 6.54 Å². The van der Waals surface area contributed by atoms with Crippen LogP contribution in [0.5, 0.6) is 0 Å². The van der Waals surface area contributed by atoms with E-state index in [1.165, 1.54) is 57.9 Å². The summed E-state index contributed by atoms with van der Waals surface area (Å²) in [6, 6.07) is 0.784. The predicted molar refractivity (Wildman–Crippen MR) is 86.5 cm³/mol. The first-order valence-corrected chi connectivity index (χ1v) is 8.68. The number of hydrogen-bond donors (Lipinski definition) is 1. The van der Waals surface area contributed by atoms with E-state index in [1.807, 2.05) is 0 Å². The van der Waals surface area contributed by atoms with Gasteiger partial charge in [-0.05, 0) is 36.5 Å². The van der Waals surface area contributed by atoms with Gasteiger partial charge >= 0.3 is 0 Å². The molecule has 2 atom stereocenters. The molecule has 1 aliphatic carbocycles. The van der Waals surface area contributed by atoms with Gasteiger partial charge in [0.15, 0.2) is 0 Å². The van der Waals surface area contributed by atoms with Gasteiger partial charge in [-0.3, -0.25) is 0 Å². The average molecular weight is 268 g/mol. The molecule has 0 bridgehead atoms. The molecule has 0 aliphatic heterocycles. The van der Waals surface area contributed by atoms with E-state index < -0.39 is 0 Å². The van der Waals surface area contributed by atoms with Gasteiger partial charge in [0.05, 0.1) is 0 Å². The van der Waals surface area contributed by atoms with Gasteiger partial charge in [-0.15, -0.1) is 0 Å². The third-order valence-corrected chi connectivity index (χ3v) is 4.98. The van der Waals surface area contributed by atoms with Crippen molar-refractivity contribution in [3.05, 3.63) is 0 Å². The van der Waals surface area contributed by atoms with Gasteiger partial charge in [0.2, 0.25) is 0 Å². The topological polar surface area (TPSA) is 12.0 Å². The second-order valence-electron chi connectivity index (χ2n) is 7.87. The normalized spacial score (nSPS) is 24.9. The minimum absolute atomic E-state index is 0.472. The maximum absolute atomic E-state index is 3.87. The van der Waals surface area contributed by atoms with Crippen molar-refractivity contribution in [1.29, 1.82) is 0 Å². The fraction of sp³-hybridized carbons (Fsp3) is 1.00. The van der Waals surface area contributed by atoms with Crippen molar-refractivity contribution >= 4 is 0 Å². The van der Waals surface area contributed by atoms with Gasteiger partial charge in [0.1, 0.15) is 0 Å². The van der Waals surface area contributed by atoms with Gasteiger partial charge < -0.3 is 5.32 Å². The molecule has 1 rings (SSSR count). The Balaban J connectivity index is 2.26. The van der Waals surface area contributed by atoms with E-state index in [0.717, 1.165) is 17.9 Å². The van der Waals surface area contributed by atoms with E-state index in [-0.39, 0.29) is 0 Å². The zero-order valence-electron chi connectivity index (χ0n) is 14.1. The fourth-order valence-corrected chi connectivity index (χ4v) is 3.38. The van der Waals surface area contributed by atoms with Crippen LogP contribution in [0.3, 0.4) is 0 Å². The molecule has 1 heteroatoms. The second kappa shape index (κ2) is 8.29. The predicted octanol–water partition coefficient (Wildman–Crippen LogP) is 5.40. The highest BCUT2D eigenvalue weighted by Gasteiger charge is 2.25. The molecule has 0 saturated heterocycles. The van der Waals surface area contributed by atoms with E-state index in [0.29, 0.717) is 5.41 Å². The molecular weight excluding hydrogens is 230 g/mol. The molecule has 1 fully saturated rings. The van der Waals surface area contributed by atoms with Crippen molar-refractivity contribution in [2.24, 2.45) is 17.3 Å². The summed E-state index contributed by atoms with van der Waals surface area (Å²) in [5.74, 6) is 1.82. The summed E-state index contributed by atoms with van der Waals surface area (Å²) in [6.45, 7) is 13.1. The minimum Gasteiger partial charge on any atom is -0.313 e. The van der Waals surface area contributed by atoms with Crippen LogP contribution < -0.4 is 5.32 Å². The minimum atomic E-state index is 0.472. The lowest BCUT2D eigenvalue weighted by Gasteiger charge is -2.35. The van der Waals surface area contributed by atoms with Gasteiger partial charge in [-0.25, -0.2) is 0 Å². The van der Waals surface area contributed by atoms with E-state index >= 15 is 0 Å². The highest BCUT2D eigenvalue weighted by atomic mass is 14.9. The summed E-state index contributed by atoms with van der Waals surface area (Å²) in [5.41, 5.74) is 0.472. The lowest BCUT2D eigenvalue weighted by atomic mass is 9.78. The first-order valence-electron chi connectivity index (χ1n) is 8.68. The quantitative estimate of drug-likeness (QED) is 0.581. The first-order chi connectivity index (χ1) is 8.94. The molecule has 0 aromatic carbocycles. The molecular formula is C18H37N. The molecule has 0 aromatic rings. The summed E-state index contributed by atoms with van der Waals surface area (Å²) in [4.78, 5) is 0. The SMILES string of the molecule is CCCCCC(C)(C)CNC1CCCC(C(C)C)C1. The van der Waals surface area contributed by atoms with Crippen LogP contribution in [0.2, 0.25) is 0 Å². The molecule has 19 heavy (non-hydrogen) atoms. The van der Waals surface area contributed by atoms with Gasteiger partial charge in [-0.2, -0.15) is 0 Å². The Labute approximate surface area is 121 Å². The van der Waals surface area contributed by atoms with Crippen molar-refractivity contribution in [3.63, 3.8) is 0 Å². The molecule has 2 unspecified atom stereocenters. The van der Waals surface area contributed by atoms with Crippen LogP contribution in [0.25, 0.3) is 0 Å². The largest absolute Gasteiger partial charge is 0.313 e. The summed E-state index contributed by atoms with van der Waals surface area (Å²) in [6.07, 6.45) is 11.2. The Morgan fingerprint density at radius 3 is 2.53 bits per heavy atom. The second-order valence-corrected chi connectivity index (χ2v) is 7.87. The van der Waals surface area contributed by atoms with E-state index in [4.69, 9.17) is 0 Å². The maximum atomic E-state index is 3.87. The molecule has 1 aliphatic rings. The molecule has 1 N–H and O–H groups in total. The van der Waals surface area contributed by atoms with Crippen molar-refractivity contribution in [1.82, 2.24) is 5.32 Å². The Morgan fingerprint density at radius 1 is 1.16 bits per heavy atom. The van der Waals surface area contributed by atoms with Crippen molar-refractivity contribution < 1.29 is 0 Å². The van der Waals surface area contributed by atoms with Gasteiger partial charge in [0, 0.05) is 12.6 Å². The van der Waals surface area contributed by atoms with Crippen LogP contribution in [0.15, 0.2) is 0 Å². The van der Waals surface area contributed by atoms with E-state index in [1.54, 1.807) is 0 Å². The molecule has 1 nitrogen and oxygen atoms in total. The molecule has 1 saturated carbocycles. The van der Waals surface area contributed by atoms with E-state index in [2.05, 4.69) is 39.9 Å². The highest BCUT2D eigenvalue weighted by Crippen LogP contribution is 2.31. The third-order valence-electron chi connectivity index (χ3n) is 4.98. The smallest absolute Gasteiger partial charge is 0.00700 e. The highest BCUT2D eigenvalue weighted by molar-refractivity contribution is 4.82. The standard InChI is InChI=1S/C18H37N/c1-6-7-8-12-18(4,5)14-19-17-11-9-10-16(13-17)15(2)3/h15-17,19H,6-14H2,1-5H3. The molecule has 0 radical (unpaired) electrons. The fourth-order valence-electron chi connectivity index (χ4n) is 3.38. The van der Waals surface area contributed by atoms with E-state index in [9.17, 15) is 0 Å².